The van der Waals surface area contributed by atoms with E-state index in [1.807, 2.05) is 0 Å². The Labute approximate surface area is 124 Å². The lowest BCUT2D eigenvalue weighted by Crippen LogP contribution is -2.43. The number of aliphatic hydroxyl groups excluding tert-OH is 1. The highest BCUT2D eigenvalue weighted by molar-refractivity contribution is 6.34. The average Bonchev–Trinajstić information content (AvgIpc) is 2.80. The maximum absolute atomic E-state index is 12.4. The van der Waals surface area contributed by atoms with Crippen LogP contribution in [0, 0.1) is 10.1 Å². The molecule has 2 unspecified atom stereocenters. The molecule has 21 heavy (non-hydrogen) atoms. The monoisotopic (exact) mass is 313 g/mol. The van der Waals surface area contributed by atoms with Crippen molar-refractivity contribution in [1.82, 2.24) is 4.90 Å². The third-order valence-corrected chi connectivity index (χ3v) is 3.59. The van der Waals surface area contributed by atoms with Crippen LogP contribution in [0.5, 0.6) is 0 Å². The van der Waals surface area contributed by atoms with Gasteiger partial charge >= 0.3 is 0 Å². The second-order valence-corrected chi connectivity index (χ2v) is 5.09. The fraction of sp³-hybridized carbons (Fsp3) is 0.333. The summed E-state index contributed by atoms with van der Waals surface area (Å²) in [5.74, 6) is -1.43. The van der Waals surface area contributed by atoms with Crippen molar-refractivity contribution in [3.63, 3.8) is 0 Å². The van der Waals surface area contributed by atoms with Gasteiger partial charge in [0.1, 0.15) is 6.04 Å². The number of primary amides is 1. The minimum absolute atomic E-state index is 0.0233. The van der Waals surface area contributed by atoms with Gasteiger partial charge in [-0.05, 0) is 6.07 Å². The van der Waals surface area contributed by atoms with Gasteiger partial charge in [-0.25, -0.2) is 0 Å². The second kappa shape index (κ2) is 5.66. The quantitative estimate of drug-likeness (QED) is 0.613. The Morgan fingerprint density at radius 3 is 2.71 bits per heavy atom. The molecular formula is C12H12ClN3O5. The van der Waals surface area contributed by atoms with E-state index < -0.39 is 28.9 Å². The number of carbonyl (C=O) groups is 2. The molecule has 8 nitrogen and oxygen atoms in total. The first-order valence-corrected chi connectivity index (χ1v) is 6.41. The number of nitro benzene ring substituents is 1. The fourth-order valence-corrected chi connectivity index (χ4v) is 2.45. The Morgan fingerprint density at radius 2 is 2.14 bits per heavy atom. The summed E-state index contributed by atoms with van der Waals surface area (Å²) in [6, 6.07) is 2.48. The molecule has 0 spiro atoms. The van der Waals surface area contributed by atoms with Gasteiger partial charge in [0, 0.05) is 25.1 Å². The van der Waals surface area contributed by atoms with Gasteiger partial charge in [-0.1, -0.05) is 11.6 Å². The molecule has 2 amide bonds. The molecule has 1 aromatic carbocycles. The van der Waals surface area contributed by atoms with E-state index in [1.165, 1.54) is 12.1 Å². The van der Waals surface area contributed by atoms with Crippen molar-refractivity contribution in [2.45, 2.75) is 18.6 Å². The number of likely N-dealkylation sites (tertiary alicyclic amines) is 1. The van der Waals surface area contributed by atoms with Crippen molar-refractivity contribution in [3.05, 3.63) is 38.9 Å². The lowest BCUT2D eigenvalue weighted by molar-refractivity contribution is -0.384. The van der Waals surface area contributed by atoms with E-state index >= 15 is 0 Å². The third-order valence-electron chi connectivity index (χ3n) is 3.26. The predicted octanol–water partition coefficient (Wildman–Crippen LogP) is 0.309. The van der Waals surface area contributed by atoms with Gasteiger partial charge in [-0.15, -0.1) is 0 Å². The third kappa shape index (κ3) is 2.96. The molecule has 1 saturated heterocycles. The Balaban J connectivity index is 2.37. The topological polar surface area (TPSA) is 127 Å². The number of benzene rings is 1. The van der Waals surface area contributed by atoms with Gasteiger partial charge in [0.15, 0.2) is 0 Å². The van der Waals surface area contributed by atoms with Crippen LogP contribution < -0.4 is 5.73 Å². The van der Waals surface area contributed by atoms with Crippen molar-refractivity contribution in [2.24, 2.45) is 5.73 Å². The van der Waals surface area contributed by atoms with E-state index in [9.17, 15) is 24.8 Å². The molecule has 9 heteroatoms. The van der Waals surface area contributed by atoms with Crippen LogP contribution in [0.15, 0.2) is 18.2 Å². The zero-order valence-corrected chi connectivity index (χ0v) is 11.5. The lowest BCUT2D eigenvalue weighted by Gasteiger charge is -2.22. The summed E-state index contributed by atoms with van der Waals surface area (Å²) in [6.07, 6.45) is -0.836. The molecular weight excluding hydrogens is 302 g/mol. The highest BCUT2D eigenvalue weighted by atomic mass is 35.5. The molecule has 0 aromatic heterocycles. The second-order valence-electron chi connectivity index (χ2n) is 4.69. The number of rotatable bonds is 3. The number of carbonyl (C=O) groups excluding carboxylic acids is 2. The van der Waals surface area contributed by atoms with Crippen molar-refractivity contribution in [1.29, 1.82) is 0 Å². The SMILES string of the molecule is NC(=O)C1CC(O)CN1C(=O)c1cc([N+](=O)[O-])ccc1Cl. The van der Waals surface area contributed by atoms with E-state index in [1.54, 1.807) is 0 Å². The van der Waals surface area contributed by atoms with Crippen LogP contribution in [0.25, 0.3) is 0 Å². The Bertz CT molecular complexity index is 621. The molecule has 1 heterocycles. The summed E-state index contributed by atoms with van der Waals surface area (Å²) in [7, 11) is 0. The largest absolute Gasteiger partial charge is 0.391 e. The number of nitrogens with zero attached hydrogens (tertiary/aromatic N) is 2. The van der Waals surface area contributed by atoms with Crippen molar-refractivity contribution >= 4 is 29.1 Å². The molecule has 1 aliphatic heterocycles. The number of nitrogens with two attached hydrogens (primary N) is 1. The number of nitro groups is 1. The van der Waals surface area contributed by atoms with Gasteiger partial charge in [0.2, 0.25) is 5.91 Å². The molecule has 2 atom stereocenters. The Morgan fingerprint density at radius 1 is 1.48 bits per heavy atom. The minimum Gasteiger partial charge on any atom is -0.391 e. The molecule has 1 fully saturated rings. The molecule has 0 aliphatic carbocycles. The van der Waals surface area contributed by atoms with Gasteiger partial charge in [-0.3, -0.25) is 19.7 Å². The number of hydrogen-bond donors (Lipinski definition) is 2. The maximum Gasteiger partial charge on any atom is 0.270 e. The first-order valence-electron chi connectivity index (χ1n) is 6.03. The number of halogens is 1. The minimum atomic E-state index is -0.956. The highest BCUT2D eigenvalue weighted by Gasteiger charge is 2.38. The van der Waals surface area contributed by atoms with Gasteiger partial charge in [0.05, 0.1) is 21.6 Å². The Hall–Kier alpha value is -2.19. The van der Waals surface area contributed by atoms with Gasteiger partial charge in [-0.2, -0.15) is 0 Å². The number of hydrogen-bond acceptors (Lipinski definition) is 5. The zero-order valence-electron chi connectivity index (χ0n) is 10.7. The van der Waals surface area contributed by atoms with E-state index in [2.05, 4.69) is 0 Å². The highest BCUT2D eigenvalue weighted by Crippen LogP contribution is 2.27. The summed E-state index contributed by atoms with van der Waals surface area (Å²) < 4.78 is 0. The molecule has 2 rings (SSSR count). The van der Waals surface area contributed by atoms with Gasteiger partial charge < -0.3 is 15.7 Å². The first kappa shape index (κ1) is 15.2. The molecule has 0 radical (unpaired) electrons. The van der Waals surface area contributed by atoms with Crippen LogP contribution >= 0.6 is 11.6 Å². The standard InChI is InChI=1S/C12H12ClN3O5/c13-9-2-1-6(16(20)21)3-8(9)12(19)15-5-7(17)4-10(15)11(14)18/h1-3,7,10,17H,4-5H2,(H2,14,18). The van der Waals surface area contributed by atoms with Crippen molar-refractivity contribution in [2.75, 3.05) is 6.54 Å². The number of amides is 2. The van der Waals surface area contributed by atoms with Crippen LogP contribution in [0.1, 0.15) is 16.8 Å². The maximum atomic E-state index is 12.4. The van der Waals surface area contributed by atoms with Crippen LogP contribution in [0.2, 0.25) is 5.02 Å². The normalized spacial score (nSPS) is 21.3. The fourth-order valence-electron chi connectivity index (χ4n) is 2.25. The van der Waals surface area contributed by atoms with Crippen LogP contribution in [0.4, 0.5) is 5.69 Å². The van der Waals surface area contributed by atoms with Gasteiger partial charge in [0.25, 0.3) is 11.6 Å². The lowest BCUT2D eigenvalue weighted by atomic mass is 10.1. The zero-order chi connectivity index (χ0) is 15.7. The summed E-state index contributed by atoms with van der Waals surface area (Å²) >= 11 is 5.89. The predicted molar refractivity (Wildman–Crippen MR) is 72.7 cm³/mol. The number of β-amino-alcohol motifs (C(OH)–C–C–N with tert-alkyl or cyclic N) is 1. The van der Waals surface area contributed by atoms with Crippen molar-refractivity contribution in [3.8, 4) is 0 Å². The smallest absolute Gasteiger partial charge is 0.270 e. The molecule has 112 valence electrons. The summed E-state index contributed by atoms with van der Waals surface area (Å²) in [6.45, 7) is -0.0779. The molecule has 1 aliphatic rings. The van der Waals surface area contributed by atoms with Crippen LogP contribution in [0.3, 0.4) is 0 Å². The summed E-state index contributed by atoms with van der Waals surface area (Å²) in [4.78, 5) is 34.9. The van der Waals surface area contributed by atoms with Crippen LogP contribution in [-0.2, 0) is 4.79 Å². The molecule has 0 saturated carbocycles. The number of non-ortho nitro benzene ring substituents is 1. The van der Waals surface area contributed by atoms with E-state index in [0.717, 1.165) is 11.0 Å². The molecule has 0 bridgehead atoms. The Kier molecular flexibility index (Phi) is 4.10. The van der Waals surface area contributed by atoms with E-state index in [0.29, 0.717) is 0 Å². The number of aliphatic hydroxyl groups is 1. The molecule has 3 N–H and O–H groups in total. The van der Waals surface area contributed by atoms with Crippen LogP contribution in [-0.4, -0.2) is 45.4 Å². The average molecular weight is 314 g/mol. The molecule has 1 aromatic rings. The van der Waals surface area contributed by atoms with Crippen molar-refractivity contribution < 1.29 is 19.6 Å². The summed E-state index contributed by atoms with van der Waals surface area (Å²) in [5.41, 5.74) is 4.80. The summed E-state index contributed by atoms with van der Waals surface area (Å²) in [5, 5.41) is 20.4. The van der Waals surface area contributed by atoms with E-state index in [4.69, 9.17) is 17.3 Å². The van der Waals surface area contributed by atoms with E-state index in [-0.39, 0.29) is 29.2 Å². The first-order chi connectivity index (χ1) is 9.81.